The summed E-state index contributed by atoms with van der Waals surface area (Å²) in [6, 6.07) is 10.4. The van der Waals surface area contributed by atoms with E-state index >= 15 is 0 Å². The van der Waals surface area contributed by atoms with Gasteiger partial charge in [-0.15, -0.1) is 0 Å². The summed E-state index contributed by atoms with van der Waals surface area (Å²) < 4.78 is 5.31. The molecular weight excluding hydrogens is 260 g/mol. The van der Waals surface area contributed by atoms with Gasteiger partial charge < -0.3 is 10.1 Å². The standard InChI is InChI=1S/C18H30N2O/c1-5-10-19-18-16-9-7-6-8-15(16)13-17(18)20(14(2)3)11-12-21-4/h6-9,14,17-19H,5,10-13H2,1-4H3. The molecule has 0 aromatic heterocycles. The minimum absolute atomic E-state index is 0.445. The summed E-state index contributed by atoms with van der Waals surface area (Å²) in [6.07, 6.45) is 2.31. The topological polar surface area (TPSA) is 24.5 Å². The molecule has 1 aliphatic rings. The third kappa shape index (κ3) is 3.85. The number of rotatable bonds is 8. The van der Waals surface area contributed by atoms with Gasteiger partial charge in [-0.2, -0.15) is 0 Å². The maximum atomic E-state index is 5.31. The van der Waals surface area contributed by atoms with Crippen molar-refractivity contribution in [3.63, 3.8) is 0 Å². The Hall–Kier alpha value is -0.900. The van der Waals surface area contributed by atoms with Crippen LogP contribution >= 0.6 is 0 Å². The highest BCUT2D eigenvalue weighted by molar-refractivity contribution is 5.37. The van der Waals surface area contributed by atoms with E-state index in [-0.39, 0.29) is 0 Å². The Kier molecular flexibility index (Phi) is 6.22. The predicted molar refractivity (Wildman–Crippen MR) is 88.7 cm³/mol. The third-order valence-corrected chi connectivity index (χ3v) is 4.46. The number of hydrogen-bond donors (Lipinski definition) is 1. The van der Waals surface area contributed by atoms with E-state index in [2.05, 4.69) is 55.3 Å². The van der Waals surface area contributed by atoms with E-state index in [4.69, 9.17) is 4.74 Å². The number of methoxy groups -OCH3 is 1. The van der Waals surface area contributed by atoms with Crippen LogP contribution < -0.4 is 5.32 Å². The summed E-state index contributed by atoms with van der Waals surface area (Å²) in [6.45, 7) is 9.67. The van der Waals surface area contributed by atoms with Gasteiger partial charge in [-0.25, -0.2) is 0 Å². The molecule has 1 N–H and O–H groups in total. The number of nitrogens with one attached hydrogen (secondary N) is 1. The number of fused-ring (bicyclic) bond motifs is 1. The van der Waals surface area contributed by atoms with Crippen molar-refractivity contribution in [3.8, 4) is 0 Å². The van der Waals surface area contributed by atoms with Crippen molar-refractivity contribution in [1.29, 1.82) is 0 Å². The monoisotopic (exact) mass is 290 g/mol. The summed E-state index contributed by atoms with van der Waals surface area (Å²) in [5.74, 6) is 0. The Bertz CT molecular complexity index is 433. The maximum Gasteiger partial charge on any atom is 0.0589 e. The van der Waals surface area contributed by atoms with Gasteiger partial charge in [-0.05, 0) is 44.4 Å². The Morgan fingerprint density at radius 1 is 1.33 bits per heavy atom. The van der Waals surface area contributed by atoms with Gasteiger partial charge in [0.1, 0.15) is 0 Å². The Morgan fingerprint density at radius 2 is 2.10 bits per heavy atom. The van der Waals surface area contributed by atoms with Gasteiger partial charge in [0, 0.05) is 31.8 Å². The molecular formula is C18H30N2O. The fraction of sp³-hybridized carbons (Fsp3) is 0.667. The van der Waals surface area contributed by atoms with Gasteiger partial charge in [0.05, 0.1) is 6.61 Å². The van der Waals surface area contributed by atoms with Crippen LogP contribution in [0.25, 0.3) is 0 Å². The predicted octanol–water partition coefficient (Wildman–Crippen LogP) is 3.01. The fourth-order valence-corrected chi connectivity index (χ4v) is 3.43. The second kappa shape index (κ2) is 7.92. The number of ether oxygens (including phenoxy) is 1. The van der Waals surface area contributed by atoms with Gasteiger partial charge in [0.15, 0.2) is 0 Å². The highest BCUT2D eigenvalue weighted by Gasteiger charge is 2.36. The number of benzene rings is 1. The lowest BCUT2D eigenvalue weighted by Crippen LogP contribution is -2.47. The average molecular weight is 290 g/mol. The molecule has 0 spiro atoms. The van der Waals surface area contributed by atoms with Gasteiger partial charge in [0.2, 0.25) is 0 Å². The molecule has 118 valence electrons. The van der Waals surface area contributed by atoms with Crippen LogP contribution in [0.5, 0.6) is 0 Å². The quantitative estimate of drug-likeness (QED) is 0.796. The van der Waals surface area contributed by atoms with Crippen LogP contribution in [0, 0.1) is 0 Å². The van der Waals surface area contributed by atoms with Crippen molar-refractivity contribution >= 4 is 0 Å². The van der Waals surface area contributed by atoms with E-state index in [0.29, 0.717) is 18.1 Å². The van der Waals surface area contributed by atoms with Gasteiger partial charge in [-0.1, -0.05) is 31.2 Å². The van der Waals surface area contributed by atoms with E-state index in [1.165, 1.54) is 17.5 Å². The molecule has 0 bridgehead atoms. The number of nitrogens with zero attached hydrogens (tertiary/aromatic N) is 1. The molecule has 2 atom stereocenters. The average Bonchev–Trinajstić information content (AvgIpc) is 2.83. The van der Waals surface area contributed by atoms with Crippen LogP contribution in [-0.4, -0.2) is 43.8 Å². The molecule has 2 rings (SSSR count). The molecule has 0 saturated carbocycles. The van der Waals surface area contributed by atoms with Crippen LogP contribution in [0.2, 0.25) is 0 Å². The molecule has 0 radical (unpaired) electrons. The zero-order chi connectivity index (χ0) is 15.2. The van der Waals surface area contributed by atoms with E-state index < -0.39 is 0 Å². The molecule has 3 heteroatoms. The molecule has 0 fully saturated rings. The lowest BCUT2D eigenvalue weighted by Gasteiger charge is -2.36. The fourth-order valence-electron chi connectivity index (χ4n) is 3.43. The molecule has 3 nitrogen and oxygen atoms in total. The van der Waals surface area contributed by atoms with Crippen molar-refractivity contribution < 1.29 is 4.74 Å². The van der Waals surface area contributed by atoms with E-state index in [1.807, 2.05) is 0 Å². The van der Waals surface area contributed by atoms with Crippen LogP contribution in [0.1, 0.15) is 44.4 Å². The molecule has 0 heterocycles. The normalized spacial score (nSPS) is 21.2. The van der Waals surface area contributed by atoms with Crippen LogP contribution in [0.4, 0.5) is 0 Å². The second-order valence-electron chi connectivity index (χ2n) is 6.23. The van der Waals surface area contributed by atoms with Crippen molar-refractivity contribution in [3.05, 3.63) is 35.4 Å². The highest BCUT2D eigenvalue weighted by Crippen LogP contribution is 2.35. The van der Waals surface area contributed by atoms with Crippen molar-refractivity contribution in [2.45, 2.75) is 51.7 Å². The largest absolute Gasteiger partial charge is 0.383 e. The van der Waals surface area contributed by atoms with E-state index in [1.54, 1.807) is 7.11 Å². The minimum Gasteiger partial charge on any atom is -0.383 e. The molecule has 1 aromatic carbocycles. The smallest absolute Gasteiger partial charge is 0.0589 e. The molecule has 0 amide bonds. The summed E-state index contributed by atoms with van der Waals surface area (Å²) in [4.78, 5) is 2.59. The first kappa shape index (κ1) is 16.5. The van der Waals surface area contributed by atoms with E-state index in [9.17, 15) is 0 Å². The second-order valence-corrected chi connectivity index (χ2v) is 6.23. The SMILES string of the molecule is CCCNC1c2ccccc2CC1N(CCOC)C(C)C. The molecule has 0 saturated heterocycles. The van der Waals surface area contributed by atoms with Gasteiger partial charge in [0.25, 0.3) is 0 Å². The third-order valence-electron chi connectivity index (χ3n) is 4.46. The number of hydrogen-bond acceptors (Lipinski definition) is 3. The zero-order valence-electron chi connectivity index (χ0n) is 13.9. The Balaban J connectivity index is 2.20. The van der Waals surface area contributed by atoms with Crippen molar-refractivity contribution in [2.24, 2.45) is 0 Å². The minimum atomic E-state index is 0.445. The zero-order valence-corrected chi connectivity index (χ0v) is 13.9. The molecule has 0 aliphatic heterocycles. The highest BCUT2D eigenvalue weighted by atomic mass is 16.5. The molecule has 1 aromatic rings. The van der Waals surface area contributed by atoms with Crippen LogP contribution in [0.3, 0.4) is 0 Å². The first-order chi connectivity index (χ1) is 10.2. The maximum absolute atomic E-state index is 5.31. The first-order valence-electron chi connectivity index (χ1n) is 8.24. The lowest BCUT2D eigenvalue weighted by molar-refractivity contribution is 0.0830. The summed E-state index contributed by atoms with van der Waals surface area (Å²) in [5.41, 5.74) is 2.98. The van der Waals surface area contributed by atoms with Crippen molar-refractivity contribution in [1.82, 2.24) is 10.2 Å². The van der Waals surface area contributed by atoms with E-state index in [0.717, 1.165) is 26.1 Å². The first-order valence-corrected chi connectivity index (χ1v) is 8.24. The van der Waals surface area contributed by atoms with Crippen LogP contribution in [0.15, 0.2) is 24.3 Å². The summed E-state index contributed by atoms with van der Waals surface area (Å²) >= 11 is 0. The van der Waals surface area contributed by atoms with Gasteiger partial charge in [-0.3, -0.25) is 4.90 Å². The lowest BCUT2D eigenvalue weighted by atomic mass is 10.0. The Labute approximate surface area is 129 Å². The molecule has 2 unspecified atom stereocenters. The summed E-state index contributed by atoms with van der Waals surface area (Å²) in [7, 11) is 1.79. The summed E-state index contributed by atoms with van der Waals surface area (Å²) in [5, 5.41) is 3.77. The molecule has 21 heavy (non-hydrogen) atoms. The molecule has 1 aliphatic carbocycles. The van der Waals surface area contributed by atoms with Crippen LogP contribution in [-0.2, 0) is 11.2 Å². The Morgan fingerprint density at radius 3 is 2.76 bits per heavy atom. The van der Waals surface area contributed by atoms with Gasteiger partial charge >= 0.3 is 0 Å². The van der Waals surface area contributed by atoms with Crippen molar-refractivity contribution in [2.75, 3.05) is 26.8 Å².